The molecule has 1 aliphatic carbocycles. The zero-order valence-electron chi connectivity index (χ0n) is 19.3. The van der Waals surface area contributed by atoms with Crippen molar-refractivity contribution in [3.8, 4) is 0 Å². The molecule has 0 radical (unpaired) electrons. The van der Waals surface area contributed by atoms with Crippen LogP contribution < -0.4 is 20.9 Å². The van der Waals surface area contributed by atoms with Gasteiger partial charge in [-0.3, -0.25) is 4.79 Å². The number of rotatable bonds is 6. The standard InChI is InChI=1S/C25H38N4O3/c1-18-11-13-29(14-12-18)23-10-9-20(28-25(31)27-19-6-3-2-4-7-19)16-22(23)24(30)26-17-21-8-5-15-32-21/h9-10,16,18-19,21H,2-8,11-15,17H2,1H3,(H,26,30)(H2,27,28,31)/t21-/m0/s1. The number of nitrogens with one attached hydrogen (secondary N) is 3. The summed E-state index contributed by atoms with van der Waals surface area (Å²) in [6.45, 7) is 5.47. The number of nitrogens with zero attached hydrogens (tertiary/aromatic N) is 1. The number of hydrogen-bond donors (Lipinski definition) is 3. The number of anilines is 2. The quantitative estimate of drug-likeness (QED) is 0.614. The maximum Gasteiger partial charge on any atom is 0.319 e. The van der Waals surface area contributed by atoms with E-state index in [1.165, 1.54) is 19.3 Å². The van der Waals surface area contributed by atoms with Gasteiger partial charge in [-0.2, -0.15) is 0 Å². The summed E-state index contributed by atoms with van der Waals surface area (Å²) in [6, 6.07) is 5.76. The first kappa shape index (κ1) is 22.9. The second-order valence-corrected chi connectivity index (χ2v) is 9.68. The average molecular weight is 443 g/mol. The predicted molar refractivity (Wildman–Crippen MR) is 127 cm³/mol. The van der Waals surface area contributed by atoms with Crippen LogP contribution in [0.5, 0.6) is 0 Å². The van der Waals surface area contributed by atoms with Crippen LogP contribution in [0.15, 0.2) is 18.2 Å². The number of amides is 3. The molecule has 176 valence electrons. The molecule has 2 saturated heterocycles. The molecule has 1 saturated carbocycles. The van der Waals surface area contributed by atoms with E-state index in [1.807, 2.05) is 18.2 Å². The Balaban J connectivity index is 1.45. The van der Waals surface area contributed by atoms with Crippen LogP contribution in [0.3, 0.4) is 0 Å². The minimum absolute atomic E-state index is 0.0980. The van der Waals surface area contributed by atoms with Crippen molar-refractivity contribution < 1.29 is 14.3 Å². The van der Waals surface area contributed by atoms with Crippen molar-refractivity contribution in [3.05, 3.63) is 23.8 Å². The Morgan fingerprint density at radius 3 is 2.53 bits per heavy atom. The monoisotopic (exact) mass is 442 g/mol. The largest absolute Gasteiger partial charge is 0.376 e. The van der Waals surface area contributed by atoms with Gasteiger partial charge in [0.1, 0.15) is 0 Å². The van der Waals surface area contributed by atoms with Gasteiger partial charge in [-0.1, -0.05) is 26.2 Å². The minimum Gasteiger partial charge on any atom is -0.376 e. The van der Waals surface area contributed by atoms with Crippen molar-refractivity contribution >= 4 is 23.3 Å². The number of ether oxygens (including phenoxy) is 1. The van der Waals surface area contributed by atoms with Crippen LogP contribution in [-0.4, -0.2) is 50.3 Å². The lowest BCUT2D eigenvalue weighted by molar-refractivity contribution is 0.0858. The molecule has 2 aliphatic heterocycles. The molecule has 0 unspecified atom stereocenters. The van der Waals surface area contributed by atoms with Crippen molar-refractivity contribution in [2.24, 2.45) is 5.92 Å². The molecular weight excluding hydrogens is 404 g/mol. The van der Waals surface area contributed by atoms with Crippen LogP contribution in [-0.2, 0) is 4.74 Å². The highest BCUT2D eigenvalue weighted by atomic mass is 16.5. The van der Waals surface area contributed by atoms with Crippen LogP contribution in [0, 0.1) is 5.92 Å². The number of carbonyl (C=O) groups excluding carboxylic acids is 2. The lowest BCUT2D eigenvalue weighted by Crippen LogP contribution is -2.39. The molecule has 0 bridgehead atoms. The minimum atomic E-state index is -0.192. The molecule has 1 atom stereocenters. The summed E-state index contributed by atoms with van der Waals surface area (Å²) in [6.07, 6.45) is 10.1. The van der Waals surface area contributed by atoms with Crippen molar-refractivity contribution in [2.75, 3.05) is 36.5 Å². The zero-order valence-corrected chi connectivity index (χ0v) is 19.3. The molecule has 7 nitrogen and oxygen atoms in total. The summed E-state index contributed by atoms with van der Waals surface area (Å²) in [5, 5.41) is 9.09. The van der Waals surface area contributed by atoms with Crippen LogP contribution in [0.2, 0.25) is 0 Å². The van der Waals surface area contributed by atoms with Gasteiger partial charge in [0.25, 0.3) is 5.91 Å². The summed E-state index contributed by atoms with van der Waals surface area (Å²) in [7, 11) is 0. The van der Waals surface area contributed by atoms with Gasteiger partial charge in [0, 0.05) is 43.7 Å². The fourth-order valence-electron chi connectivity index (χ4n) is 5.03. The highest BCUT2D eigenvalue weighted by Gasteiger charge is 2.23. The van der Waals surface area contributed by atoms with E-state index in [0.717, 1.165) is 63.9 Å². The van der Waals surface area contributed by atoms with Gasteiger partial charge in [0.2, 0.25) is 0 Å². The first-order valence-corrected chi connectivity index (χ1v) is 12.4. The van der Waals surface area contributed by atoms with Crippen molar-refractivity contribution in [2.45, 2.75) is 76.9 Å². The highest BCUT2D eigenvalue weighted by Crippen LogP contribution is 2.29. The summed E-state index contributed by atoms with van der Waals surface area (Å²) in [4.78, 5) is 28.0. The van der Waals surface area contributed by atoms with Gasteiger partial charge in [-0.15, -0.1) is 0 Å². The topological polar surface area (TPSA) is 82.7 Å². The Hall–Kier alpha value is -2.28. The molecule has 1 aromatic rings. The number of benzene rings is 1. The molecule has 7 heteroatoms. The normalized spacial score (nSPS) is 22.5. The van der Waals surface area contributed by atoms with Crippen molar-refractivity contribution in [1.29, 1.82) is 0 Å². The van der Waals surface area contributed by atoms with E-state index in [1.54, 1.807) is 0 Å². The van der Waals surface area contributed by atoms with Crippen LogP contribution in [0.1, 0.15) is 75.1 Å². The molecule has 1 aromatic carbocycles. The third kappa shape index (κ3) is 6.15. The summed E-state index contributed by atoms with van der Waals surface area (Å²) in [5.74, 6) is 0.609. The van der Waals surface area contributed by atoms with Gasteiger partial charge >= 0.3 is 6.03 Å². The first-order chi connectivity index (χ1) is 15.6. The van der Waals surface area contributed by atoms with E-state index >= 15 is 0 Å². The Morgan fingerprint density at radius 1 is 1.03 bits per heavy atom. The summed E-state index contributed by atoms with van der Waals surface area (Å²) in [5.41, 5.74) is 2.21. The van der Waals surface area contributed by atoms with Crippen LogP contribution >= 0.6 is 0 Å². The SMILES string of the molecule is CC1CCN(c2ccc(NC(=O)NC3CCCCC3)cc2C(=O)NC[C@@H]2CCCO2)CC1. The molecule has 3 fully saturated rings. The number of urea groups is 1. The second kappa shape index (κ2) is 11.0. The van der Waals surface area contributed by atoms with E-state index in [4.69, 9.17) is 4.74 Å². The van der Waals surface area contributed by atoms with Gasteiger partial charge in [0.05, 0.1) is 11.7 Å². The molecule has 32 heavy (non-hydrogen) atoms. The number of piperidine rings is 1. The maximum absolute atomic E-state index is 13.2. The lowest BCUT2D eigenvalue weighted by atomic mass is 9.96. The Morgan fingerprint density at radius 2 is 1.81 bits per heavy atom. The van der Waals surface area contributed by atoms with E-state index < -0.39 is 0 Å². The maximum atomic E-state index is 13.2. The first-order valence-electron chi connectivity index (χ1n) is 12.4. The van der Waals surface area contributed by atoms with E-state index in [0.29, 0.717) is 23.7 Å². The zero-order chi connectivity index (χ0) is 22.3. The summed E-state index contributed by atoms with van der Waals surface area (Å²) < 4.78 is 5.66. The molecule has 3 N–H and O–H groups in total. The number of carbonyl (C=O) groups is 2. The highest BCUT2D eigenvalue weighted by molar-refractivity contribution is 6.02. The smallest absolute Gasteiger partial charge is 0.319 e. The molecular formula is C25H38N4O3. The molecule has 3 amide bonds. The van der Waals surface area contributed by atoms with Gasteiger partial charge in [-0.25, -0.2) is 4.79 Å². The Kier molecular flexibility index (Phi) is 7.90. The average Bonchev–Trinajstić information content (AvgIpc) is 3.32. The van der Waals surface area contributed by atoms with Crippen molar-refractivity contribution in [1.82, 2.24) is 10.6 Å². The Bertz CT molecular complexity index is 779. The number of hydrogen-bond acceptors (Lipinski definition) is 4. The molecule has 0 aromatic heterocycles. The van der Waals surface area contributed by atoms with E-state index in [2.05, 4.69) is 27.8 Å². The van der Waals surface area contributed by atoms with Crippen molar-refractivity contribution in [3.63, 3.8) is 0 Å². The Labute approximate surface area is 191 Å². The molecule has 3 aliphatic rings. The summed E-state index contributed by atoms with van der Waals surface area (Å²) >= 11 is 0. The lowest BCUT2D eigenvalue weighted by Gasteiger charge is -2.33. The van der Waals surface area contributed by atoms with Gasteiger partial charge in [-0.05, 0) is 62.6 Å². The molecule has 4 rings (SSSR count). The van der Waals surface area contributed by atoms with Crippen LogP contribution in [0.4, 0.5) is 16.2 Å². The third-order valence-electron chi connectivity index (χ3n) is 7.08. The fraction of sp³-hybridized carbons (Fsp3) is 0.680. The fourth-order valence-corrected chi connectivity index (χ4v) is 5.03. The van der Waals surface area contributed by atoms with E-state index in [9.17, 15) is 9.59 Å². The van der Waals surface area contributed by atoms with Crippen LogP contribution in [0.25, 0.3) is 0 Å². The van der Waals surface area contributed by atoms with E-state index in [-0.39, 0.29) is 24.1 Å². The third-order valence-corrected chi connectivity index (χ3v) is 7.08. The van der Waals surface area contributed by atoms with Gasteiger partial charge < -0.3 is 25.6 Å². The molecule has 2 heterocycles. The molecule has 0 spiro atoms. The predicted octanol–water partition coefficient (Wildman–Crippen LogP) is 4.29. The second-order valence-electron chi connectivity index (χ2n) is 9.68. The van der Waals surface area contributed by atoms with Gasteiger partial charge in [0.15, 0.2) is 0 Å².